The number of halogens is 1. The van der Waals surface area contributed by atoms with Crippen LogP contribution in [0, 0.1) is 0 Å². The third-order valence-corrected chi connectivity index (χ3v) is 4.74. The molecule has 7 heteroatoms. The van der Waals surface area contributed by atoms with Crippen LogP contribution in [-0.2, 0) is 12.1 Å². The van der Waals surface area contributed by atoms with E-state index in [0.717, 1.165) is 23.0 Å². The molecule has 1 aliphatic heterocycles. The highest BCUT2D eigenvalue weighted by Gasteiger charge is 2.39. The number of nitrogens with zero attached hydrogens (tertiary/aromatic N) is 4. The van der Waals surface area contributed by atoms with E-state index in [0.29, 0.717) is 30.2 Å². The summed E-state index contributed by atoms with van der Waals surface area (Å²) in [4.78, 5) is 6.67. The molecule has 23 heavy (non-hydrogen) atoms. The summed E-state index contributed by atoms with van der Waals surface area (Å²) >= 11 is 6.25. The minimum atomic E-state index is -0.942. The van der Waals surface area contributed by atoms with Crippen LogP contribution in [0.25, 0.3) is 10.9 Å². The van der Waals surface area contributed by atoms with Crippen molar-refractivity contribution < 1.29 is 5.11 Å². The number of rotatable bonds is 3. The zero-order chi connectivity index (χ0) is 15.9. The first-order valence-corrected chi connectivity index (χ1v) is 7.87. The molecule has 4 rings (SSSR count). The zero-order valence-electron chi connectivity index (χ0n) is 12.4. The van der Waals surface area contributed by atoms with Gasteiger partial charge in [0.15, 0.2) is 0 Å². The molecule has 0 radical (unpaired) electrons. The lowest BCUT2D eigenvalue weighted by Crippen LogP contribution is -2.31. The average molecular weight is 330 g/mol. The summed E-state index contributed by atoms with van der Waals surface area (Å²) in [6, 6.07) is 7.77. The van der Waals surface area contributed by atoms with Crippen molar-refractivity contribution in [1.29, 1.82) is 0 Å². The van der Waals surface area contributed by atoms with Crippen molar-refractivity contribution in [2.24, 2.45) is 0 Å². The molecule has 1 aliphatic rings. The second-order valence-corrected chi connectivity index (χ2v) is 6.36. The smallest absolute Gasteiger partial charge is 0.124 e. The number of hydrogen-bond donors (Lipinski definition) is 2. The van der Waals surface area contributed by atoms with E-state index in [1.54, 1.807) is 12.4 Å². The third kappa shape index (κ3) is 2.59. The number of aromatic nitrogens is 4. The number of benzene rings is 1. The van der Waals surface area contributed by atoms with Crippen molar-refractivity contribution in [2.75, 3.05) is 13.1 Å². The number of pyridine rings is 1. The maximum Gasteiger partial charge on any atom is 0.124 e. The van der Waals surface area contributed by atoms with Crippen LogP contribution in [0.1, 0.15) is 17.7 Å². The number of β-amino-alcohol motifs (C(OH)–C–C–N with tert-alkyl or cyclic N) is 1. The topological polar surface area (TPSA) is 77.9 Å². The Morgan fingerprint density at radius 3 is 3.09 bits per heavy atom. The Morgan fingerprint density at radius 1 is 1.35 bits per heavy atom. The first-order chi connectivity index (χ1) is 11.2. The average Bonchev–Trinajstić information content (AvgIpc) is 3.21. The van der Waals surface area contributed by atoms with Crippen LogP contribution in [0.15, 0.2) is 36.7 Å². The van der Waals surface area contributed by atoms with Crippen molar-refractivity contribution in [2.45, 2.75) is 18.6 Å². The molecule has 1 saturated heterocycles. The minimum Gasteiger partial charge on any atom is -0.382 e. The highest BCUT2D eigenvalue weighted by atomic mass is 35.5. The normalized spacial score (nSPS) is 22.0. The van der Waals surface area contributed by atoms with Gasteiger partial charge in [-0.3, -0.25) is 9.88 Å². The van der Waals surface area contributed by atoms with Crippen LogP contribution in [0.3, 0.4) is 0 Å². The van der Waals surface area contributed by atoms with Crippen molar-refractivity contribution in [1.82, 2.24) is 25.3 Å². The molecular formula is C16H16ClN5O. The standard InChI is InChI=1S/C16H16ClN5O/c17-13-4-3-11(15-12(13)2-1-6-18-15)9-22-7-5-16(23,10-22)14-8-19-21-20-14/h1-4,6,8,23H,5,7,9-10H2,(H,19,20,21). The molecule has 1 fully saturated rings. The Hall–Kier alpha value is -2.02. The van der Waals surface area contributed by atoms with E-state index in [9.17, 15) is 5.11 Å². The summed E-state index contributed by atoms with van der Waals surface area (Å²) in [5.74, 6) is 0. The lowest BCUT2D eigenvalue weighted by atomic mass is 10.00. The molecule has 0 aliphatic carbocycles. The van der Waals surface area contributed by atoms with Crippen LogP contribution in [0.5, 0.6) is 0 Å². The summed E-state index contributed by atoms with van der Waals surface area (Å²) in [5.41, 5.74) is 1.67. The second kappa shape index (κ2) is 5.56. The number of hydrogen-bond acceptors (Lipinski definition) is 5. The fourth-order valence-corrected chi connectivity index (χ4v) is 3.42. The molecule has 0 amide bonds. The SMILES string of the molecule is OC1(c2cn[nH]n2)CCN(Cc2ccc(Cl)c3cccnc23)C1. The van der Waals surface area contributed by atoms with E-state index >= 15 is 0 Å². The second-order valence-electron chi connectivity index (χ2n) is 5.95. The molecule has 2 aromatic heterocycles. The number of H-pyrrole nitrogens is 1. The lowest BCUT2D eigenvalue weighted by molar-refractivity contribution is 0.0409. The maximum absolute atomic E-state index is 10.8. The highest BCUT2D eigenvalue weighted by molar-refractivity contribution is 6.35. The van der Waals surface area contributed by atoms with Crippen LogP contribution >= 0.6 is 11.6 Å². The van der Waals surface area contributed by atoms with Crippen LogP contribution in [0.2, 0.25) is 5.02 Å². The quantitative estimate of drug-likeness (QED) is 0.769. The molecule has 0 saturated carbocycles. The van der Waals surface area contributed by atoms with Gasteiger partial charge < -0.3 is 5.11 Å². The predicted octanol–water partition coefficient (Wildman–Crippen LogP) is 2.10. The maximum atomic E-state index is 10.8. The molecule has 118 valence electrons. The number of likely N-dealkylation sites (tertiary alicyclic amines) is 1. The van der Waals surface area contributed by atoms with E-state index < -0.39 is 5.60 Å². The number of fused-ring (bicyclic) bond motifs is 1. The predicted molar refractivity (Wildman–Crippen MR) is 86.9 cm³/mol. The molecule has 0 spiro atoms. The Balaban J connectivity index is 1.59. The molecule has 3 heterocycles. The zero-order valence-corrected chi connectivity index (χ0v) is 13.2. The minimum absolute atomic E-state index is 0.524. The first kappa shape index (κ1) is 14.6. The van der Waals surface area contributed by atoms with Gasteiger partial charge in [-0.05, 0) is 30.2 Å². The van der Waals surface area contributed by atoms with Crippen LogP contribution in [-0.4, -0.2) is 43.5 Å². The highest BCUT2D eigenvalue weighted by Crippen LogP contribution is 2.32. The van der Waals surface area contributed by atoms with Crippen molar-refractivity contribution >= 4 is 22.5 Å². The molecule has 1 atom stereocenters. The van der Waals surface area contributed by atoms with Gasteiger partial charge in [0.25, 0.3) is 0 Å². The van der Waals surface area contributed by atoms with E-state index in [1.807, 2.05) is 24.3 Å². The largest absolute Gasteiger partial charge is 0.382 e. The van der Waals surface area contributed by atoms with Crippen LogP contribution < -0.4 is 0 Å². The van der Waals surface area contributed by atoms with E-state index in [2.05, 4.69) is 25.3 Å². The van der Waals surface area contributed by atoms with E-state index in [1.165, 1.54) is 0 Å². The van der Waals surface area contributed by atoms with Gasteiger partial charge in [0, 0.05) is 36.2 Å². The summed E-state index contributed by atoms with van der Waals surface area (Å²) in [5, 5.41) is 22.8. The van der Waals surface area contributed by atoms with Gasteiger partial charge in [-0.1, -0.05) is 17.7 Å². The summed E-state index contributed by atoms with van der Waals surface area (Å²) in [6.07, 6.45) is 4.00. The molecule has 1 aromatic carbocycles. The van der Waals surface area contributed by atoms with Gasteiger partial charge in [-0.15, -0.1) is 0 Å². The molecule has 6 nitrogen and oxygen atoms in total. The summed E-state index contributed by atoms with van der Waals surface area (Å²) < 4.78 is 0. The van der Waals surface area contributed by atoms with E-state index in [4.69, 9.17) is 11.6 Å². The Bertz CT molecular complexity index is 838. The van der Waals surface area contributed by atoms with Crippen molar-refractivity contribution in [3.63, 3.8) is 0 Å². The number of aliphatic hydroxyl groups is 1. The van der Waals surface area contributed by atoms with Gasteiger partial charge >= 0.3 is 0 Å². The van der Waals surface area contributed by atoms with Gasteiger partial charge in [-0.25, -0.2) is 0 Å². The number of nitrogens with one attached hydrogen (secondary N) is 1. The summed E-state index contributed by atoms with van der Waals surface area (Å²) in [7, 11) is 0. The third-order valence-electron chi connectivity index (χ3n) is 4.41. The molecule has 0 bridgehead atoms. The monoisotopic (exact) mass is 329 g/mol. The van der Waals surface area contributed by atoms with Gasteiger partial charge in [-0.2, -0.15) is 15.4 Å². The molecule has 3 aromatic rings. The fraction of sp³-hybridized carbons (Fsp3) is 0.312. The molecule has 1 unspecified atom stereocenters. The lowest BCUT2D eigenvalue weighted by Gasteiger charge is -2.21. The Labute approximate surface area is 138 Å². The van der Waals surface area contributed by atoms with Crippen molar-refractivity contribution in [3.05, 3.63) is 52.9 Å². The van der Waals surface area contributed by atoms with Crippen molar-refractivity contribution in [3.8, 4) is 0 Å². The van der Waals surface area contributed by atoms with Gasteiger partial charge in [0.2, 0.25) is 0 Å². The fourth-order valence-electron chi connectivity index (χ4n) is 3.21. The Kier molecular flexibility index (Phi) is 3.52. The van der Waals surface area contributed by atoms with E-state index in [-0.39, 0.29) is 0 Å². The van der Waals surface area contributed by atoms with Crippen LogP contribution in [0.4, 0.5) is 0 Å². The van der Waals surface area contributed by atoms with Gasteiger partial charge in [0.05, 0.1) is 11.7 Å². The Morgan fingerprint density at radius 2 is 2.26 bits per heavy atom. The van der Waals surface area contributed by atoms with Gasteiger partial charge in [0.1, 0.15) is 11.3 Å². The molecule has 2 N–H and O–H groups in total. The number of aromatic amines is 1. The summed E-state index contributed by atoms with van der Waals surface area (Å²) in [6.45, 7) is 2.03. The first-order valence-electron chi connectivity index (χ1n) is 7.49. The molecular weight excluding hydrogens is 314 g/mol.